The highest BCUT2D eigenvalue weighted by atomic mass is 32.2. The number of benzene rings is 1. The highest BCUT2D eigenvalue weighted by molar-refractivity contribution is 7.97. The molecule has 0 saturated carbocycles. The topological polar surface area (TPSA) is 47.3 Å². The Morgan fingerprint density at radius 1 is 1.24 bits per heavy atom. The van der Waals surface area contributed by atoms with Gasteiger partial charge in [-0.05, 0) is 25.0 Å². The average molecular weight is 317 g/mol. The van der Waals surface area contributed by atoms with Crippen molar-refractivity contribution in [1.82, 2.24) is 14.6 Å². The van der Waals surface area contributed by atoms with E-state index >= 15 is 0 Å². The Kier molecular flexibility index (Phi) is 4.07. The molecule has 3 aromatic rings. The van der Waals surface area contributed by atoms with Gasteiger partial charge in [0.15, 0.2) is 0 Å². The normalized spacial score (nSPS) is 11.1. The monoisotopic (exact) mass is 317 g/mol. The SMILES string of the molecule is Cc1cc(=O)n2nc(CSCc3ccccc3C)sc2n1. The first kappa shape index (κ1) is 14.3. The van der Waals surface area contributed by atoms with Crippen molar-refractivity contribution in [3.8, 4) is 0 Å². The minimum atomic E-state index is -0.107. The van der Waals surface area contributed by atoms with Crippen molar-refractivity contribution in [3.63, 3.8) is 0 Å². The maximum absolute atomic E-state index is 11.8. The van der Waals surface area contributed by atoms with Crippen molar-refractivity contribution in [2.75, 3.05) is 0 Å². The van der Waals surface area contributed by atoms with Crippen LogP contribution in [0.2, 0.25) is 0 Å². The lowest BCUT2D eigenvalue weighted by Gasteiger charge is -2.03. The number of thioether (sulfide) groups is 1. The minimum absolute atomic E-state index is 0.107. The van der Waals surface area contributed by atoms with Crippen LogP contribution in [0.5, 0.6) is 0 Å². The first-order valence-electron chi connectivity index (χ1n) is 6.62. The Morgan fingerprint density at radius 3 is 2.86 bits per heavy atom. The van der Waals surface area contributed by atoms with Gasteiger partial charge in [0, 0.05) is 23.3 Å². The Morgan fingerprint density at radius 2 is 2.05 bits per heavy atom. The summed E-state index contributed by atoms with van der Waals surface area (Å²) in [5.74, 6) is 1.74. The zero-order valence-corrected chi connectivity index (χ0v) is 13.5. The van der Waals surface area contributed by atoms with Crippen LogP contribution in [0.3, 0.4) is 0 Å². The van der Waals surface area contributed by atoms with Gasteiger partial charge in [0.05, 0.1) is 0 Å². The fourth-order valence-corrected chi connectivity index (χ4v) is 4.14. The molecule has 0 bridgehead atoms. The molecule has 0 saturated heterocycles. The van der Waals surface area contributed by atoms with E-state index in [1.807, 2.05) is 6.92 Å². The average Bonchev–Trinajstić information content (AvgIpc) is 2.84. The van der Waals surface area contributed by atoms with E-state index in [4.69, 9.17) is 0 Å². The lowest BCUT2D eigenvalue weighted by Crippen LogP contribution is -2.14. The second-order valence-corrected chi connectivity index (χ2v) is 6.87. The number of hydrogen-bond acceptors (Lipinski definition) is 5. The summed E-state index contributed by atoms with van der Waals surface area (Å²) >= 11 is 3.29. The molecule has 0 N–H and O–H groups in total. The third kappa shape index (κ3) is 3.16. The van der Waals surface area contributed by atoms with Crippen molar-refractivity contribution < 1.29 is 0 Å². The van der Waals surface area contributed by atoms with Crippen molar-refractivity contribution in [2.45, 2.75) is 25.4 Å². The second kappa shape index (κ2) is 5.99. The molecule has 0 aliphatic carbocycles. The van der Waals surface area contributed by atoms with Crippen LogP contribution in [0.25, 0.3) is 4.96 Å². The van der Waals surface area contributed by atoms with Crippen LogP contribution < -0.4 is 5.56 Å². The minimum Gasteiger partial charge on any atom is -0.267 e. The Labute approximate surface area is 130 Å². The van der Waals surface area contributed by atoms with E-state index < -0.39 is 0 Å². The highest BCUT2D eigenvalue weighted by Crippen LogP contribution is 2.22. The lowest BCUT2D eigenvalue weighted by molar-refractivity contribution is 0.870. The summed E-state index contributed by atoms with van der Waals surface area (Å²) in [7, 11) is 0. The van der Waals surface area contributed by atoms with Crippen LogP contribution in [0.15, 0.2) is 35.1 Å². The van der Waals surface area contributed by atoms with E-state index in [2.05, 4.69) is 41.3 Å². The molecule has 0 unspecified atom stereocenters. The Hall–Kier alpha value is -1.66. The number of nitrogens with zero attached hydrogens (tertiary/aromatic N) is 3. The molecule has 0 amide bonds. The van der Waals surface area contributed by atoms with Gasteiger partial charge in [-0.25, -0.2) is 4.98 Å². The summed E-state index contributed by atoms with van der Waals surface area (Å²) in [5, 5.41) is 5.28. The third-order valence-electron chi connectivity index (χ3n) is 3.16. The van der Waals surface area contributed by atoms with Crippen LogP contribution in [0, 0.1) is 13.8 Å². The molecule has 21 heavy (non-hydrogen) atoms. The standard InChI is InChI=1S/C15H15N3OS2/c1-10-5-3-4-6-12(10)8-20-9-13-17-18-14(19)7-11(2)16-15(18)21-13/h3-7H,8-9H2,1-2H3. The summed E-state index contributed by atoms with van der Waals surface area (Å²) in [6.45, 7) is 3.95. The molecule has 2 aromatic heterocycles. The molecule has 2 heterocycles. The maximum Gasteiger partial charge on any atom is 0.275 e. The van der Waals surface area contributed by atoms with Gasteiger partial charge in [0.1, 0.15) is 5.01 Å². The first-order valence-corrected chi connectivity index (χ1v) is 8.59. The van der Waals surface area contributed by atoms with Gasteiger partial charge in [-0.2, -0.15) is 9.61 Å². The van der Waals surface area contributed by atoms with Gasteiger partial charge in [-0.1, -0.05) is 35.6 Å². The van der Waals surface area contributed by atoms with Crippen molar-refractivity contribution in [1.29, 1.82) is 0 Å². The lowest BCUT2D eigenvalue weighted by atomic mass is 10.1. The molecule has 0 aliphatic rings. The molecular formula is C15H15N3OS2. The Balaban J connectivity index is 1.73. The first-order chi connectivity index (χ1) is 10.1. The fourth-order valence-electron chi connectivity index (χ4n) is 2.04. The van der Waals surface area contributed by atoms with E-state index in [9.17, 15) is 4.79 Å². The Bertz CT molecular complexity index is 838. The third-order valence-corrected chi connectivity index (χ3v) is 5.24. The molecule has 0 spiro atoms. The fraction of sp³-hybridized carbons (Fsp3) is 0.267. The van der Waals surface area contributed by atoms with E-state index in [1.54, 1.807) is 11.8 Å². The van der Waals surface area contributed by atoms with E-state index in [-0.39, 0.29) is 5.56 Å². The number of aryl methyl sites for hydroxylation is 2. The maximum atomic E-state index is 11.8. The van der Waals surface area contributed by atoms with Gasteiger partial charge >= 0.3 is 0 Å². The molecule has 0 atom stereocenters. The van der Waals surface area contributed by atoms with E-state index in [0.717, 1.165) is 22.2 Å². The van der Waals surface area contributed by atoms with E-state index in [0.29, 0.717) is 4.96 Å². The molecule has 3 rings (SSSR count). The number of aromatic nitrogens is 3. The van der Waals surface area contributed by atoms with Gasteiger partial charge in [-0.3, -0.25) is 4.79 Å². The summed E-state index contributed by atoms with van der Waals surface area (Å²) < 4.78 is 1.39. The van der Waals surface area contributed by atoms with Gasteiger partial charge in [-0.15, -0.1) is 11.8 Å². The molecular weight excluding hydrogens is 302 g/mol. The quantitative estimate of drug-likeness (QED) is 0.741. The van der Waals surface area contributed by atoms with Crippen molar-refractivity contribution >= 4 is 28.1 Å². The summed E-state index contributed by atoms with van der Waals surface area (Å²) in [4.78, 5) is 16.8. The highest BCUT2D eigenvalue weighted by Gasteiger charge is 2.08. The molecule has 4 nitrogen and oxygen atoms in total. The van der Waals surface area contributed by atoms with Crippen LogP contribution in [-0.4, -0.2) is 14.6 Å². The molecule has 0 aliphatic heterocycles. The predicted molar refractivity (Wildman–Crippen MR) is 88.0 cm³/mol. The van der Waals surface area contributed by atoms with Gasteiger partial charge < -0.3 is 0 Å². The smallest absolute Gasteiger partial charge is 0.267 e. The summed E-state index contributed by atoms with van der Waals surface area (Å²) in [6.07, 6.45) is 0. The molecule has 6 heteroatoms. The predicted octanol–water partition coefficient (Wildman–Crippen LogP) is 3.20. The van der Waals surface area contributed by atoms with Crippen LogP contribution in [-0.2, 0) is 11.5 Å². The second-order valence-electron chi connectivity index (χ2n) is 4.85. The van der Waals surface area contributed by atoms with Gasteiger partial charge in [0.25, 0.3) is 5.56 Å². The van der Waals surface area contributed by atoms with Crippen LogP contribution in [0.1, 0.15) is 21.8 Å². The zero-order chi connectivity index (χ0) is 14.8. The van der Waals surface area contributed by atoms with Crippen LogP contribution >= 0.6 is 23.1 Å². The van der Waals surface area contributed by atoms with E-state index in [1.165, 1.54) is 33.0 Å². The summed E-state index contributed by atoms with van der Waals surface area (Å²) in [6, 6.07) is 9.90. The number of rotatable bonds is 4. The van der Waals surface area contributed by atoms with Crippen LogP contribution in [0.4, 0.5) is 0 Å². The largest absolute Gasteiger partial charge is 0.275 e. The van der Waals surface area contributed by atoms with Crippen molar-refractivity contribution in [3.05, 3.63) is 62.5 Å². The molecule has 0 radical (unpaired) electrons. The van der Waals surface area contributed by atoms with Crippen molar-refractivity contribution in [2.24, 2.45) is 0 Å². The number of hydrogen-bond donors (Lipinski definition) is 0. The summed E-state index contributed by atoms with van der Waals surface area (Å²) in [5.41, 5.74) is 3.28. The molecule has 0 fully saturated rings. The van der Waals surface area contributed by atoms with Gasteiger partial charge in [0.2, 0.25) is 4.96 Å². The molecule has 108 valence electrons. The zero-order valence-electron chi connectivity index (χ0n) is 11.9. The molecule has 1 aromatic carbocycles. The number of fused-ring (bicyclic) bond motifs is 1.